The molecule has 5 nitrogen and oxygen atoms in total. The zero-order valence-corrected chi connectivity index (χ0v) is 19.4. The monoisotopic (exact) mass is 479 g/mol. The van der Waals surface area contributed by atoms with Crippen LogP contribution in [0.1, 0.15) is 15.9 Å². The number of rotatable bonds is 5. The molecular formula is C26H23Cl2N3O2. The van der Waals surface area contributed by atoms with Gasteiger partial charge in [-0.05, 0) is 48.0 Å². The molecule has 2 heterocycles. The third kappa shape index (κ3) is 4.92. The maximum absolute atomic E-state index is 12.9. The molecule has 1 fully saturated rings. The molecule has 0 bridgehead atoms. The highest BCUT2D eigenvalue weighted by Crippen LogP contribution is 2.34. The lowest BCUT2D eigenvalue weighted by Crippen LogP contribution is -2.42. The fourth-order valence-electron chi connectivity index (χ4n) is 4.10. The molecule has 1 aliphatic rings. The van der Waals surface area contributed by atoms with E-state index in [0.717, 1.165) is 49.3 Å². The smallest absolute Gasteiger partial charge is 0.257 e. The minimum Gasteiger partial charge on any atom is -0.456 e. The molecule has 7 heteroatoms. The molecule has 0 radical (unpaired) electrons. The molecule has 0 atom stereocenters. The highest BCUT2D eigenvalue weighted by atomic mass is 35.5. The average molecular weight is 480 g/mol. The summed E-state index contributed by atoms with van der Waals surface area (Å²) in [6, 6.07) is 20.7. The molecule has 1 aliphatic heterocycles. The van der Waals surface area contributed by atoms with Gasteiger partial charge in [0.15, 0.2) is 0 Å². The first-order valence-corrected chi connectivity index (χ1v) is 11.6. The van der Waals surface area contributed by atoms with Gasteiger partial charge in [0.05, 0.1) is 16.3 Å². The summed E-state index contributed by atoms with van der Waals surface area (Å²) in [6.45, 7) is 5.05. The molecule has 3 aromatic carbocycles. The minimum absolute atomic E-state index is 0.304. The minimum atomic E-state index is -0.307. The molecule has 33 heavy (non-hydrogen) atoms. The van der Waals surface area contributed by atoms with Crippen LogP contribution in [0.25, 0.3) is 22.3 Å². The standard InChI is InChI=1S/C26H23Cl2N3O2/c27-19-7-8-20(22(28)15-19)26(32)30-23-4-2-1-3-21(23)25-14-18-6-5-17(13-24(18)33-25)16-31-11-9-29-10-12-31/h1-8,13-15,29H,9-12,16H2,(H,30,32). The molecule has 1 saturated heterocycles. The van der Waals surface area contributed by atoms with Crippen molar-refractivity contribution in [2.45, 2.75) is 6.54 Å². The number of amides is 1. The highest BCUT2D eigenvalue weighted by Gasteiger charge is 2.16. The molecule has 0 aliphatic carbocycles. The Bertz CT molecular complexity index is 1310. The average Bonchev–Trinajstić information content (AvgIpc) is 3.23. The van der Waals surface area contributed by atoms with E-state index in [2.05, 4.69) is 33.7 Å². The van der Waals surface area contributed by atoms with Crippen LogP contribution >= 0.6 is 23.2 Å². The first-order valence-electron chi connectivity index (χ1n) is 10.9. The van der Waals surface area contributed by atoms with Gasteiger partial charge in [0.2, 0.25) is 0 Å². The second-order valence-electron chi connectivity index (χ2n) is 8.13. The number of fused-ring (bicyclic) bond motifs is 1. The summed E-state index contributed by atoms with van der Waals surface area (Å²) in [5, 5.41) is 8.15. The lowest BCUT2D eigenvalue weighted by molar-refractivity contribution is 0.102. The van der Waals surface area contributed by atoms with Crippen LogP contribution < -0.4 is 10.6 Å². The number of carbonyl (C=O) groups is 1. The number of halogens is 2. The summed E-state index contributed by atoms with van der Waals surface area (Å²) in [5.41, 5.74) is 3.87. The number of hydrogen-bond donors (Lipinski definition) is 2. The molecule has 1 amide bonds. The van der Waals surface area contributed by atoms with Crippen LogP contribution in [0.2, 0.25) is 10.0 Å². The van der Waals surface area contributed by atoms with Crippen LogP contribution in [0, 0.1) is 0 Å². The van der Waals surface area contributed by atoms with Gasteiger partial charge >= 0.3 is 0 Å². The van der Waals surface area contributed by atoms with Crippen LogP contribution in [0.3, 0.4) is 0 Å². The predicted octanol–water partition coefficient (Wildman–Crippen LogP) is 6.06. The van der Waals surface area contributed by atoms with Gasteiger partial charge in [-0.15, -0.1) is 0 Å². The number of para-hydroxylation sites is 1. The number of nitrogens with zero attached hydrogens (tertiary/aromatic N) is 1. The maximum atomic E-state index is 12.9. The van der Waals surface area contributed by atoms with Crippen LogP contribution in [0.5, 0.6) is 0 Å². The van der Waals surface area contributed by atoms with Gasteiger partial charge in [-0.2, -0.15) is 0 Å². The third-order valence-electron chi connectivity index (χ3n) is 5.82. The normalized spacial score (nSPS) is 14.5. The lowest BCUT2D eigenvalue weighted by atomic mass is 10.1. The second kappa shape index (κ2) is 9.57. The summed E-state index contributed by atoms with van der Waals surface area (Å²) in [5.74, 6) is 0.390. The van der Waals surface area contributed by atoms with E-state index in [0.29, 0.717) is 27.1 Å². The molecule has 1 aromatic heterocycles. The van der Waals surface area contributed by atoms with Gasteiger partial charge in [0.1, 0.15) is 11.3 Å². The number of furan rings is 1. The molecule has 0 saturated carbocycles. The highest BCUT2D eigenvalue weighted by molar-refractivity contribution is 6.37. The SMILES string of the molecule is O=C(Nc1ccccc1-c1cc2ccc(CN3CCNCC3)cc2o1)c1ccc(Cl)cc1Cl. The lowest BCUT2D eigenvalue weighted by Gasteiger charge is -2.27. The van der Waals surface area contributed by atoms with E-state index in [1.54, 1.807) is 18.2 Å². The topological polar surface area (TPSA) is 57.5 Å². The first-order chi connectivity index (χ1) is 16.1. The van der Waals surface area contributed by atoms with E-state index >= 15 is 0 Å². The van der Waals surface area contributed by atoms with Crippen molar-refractivity contribution in [3.8, 4) is 11.3 Å². The third-order valence-corrected chi connectivity index (χ3v) is 6.36. The van der Waals surface area contributed by atoms with Gasteiger partial charge in [0.25, 0.3) is 5.91 Å². The Hall–Kier alpha value is -2.83. The Kier molecular flexibility index (Phi) is 6.38. The van der Waals surface area contributed by atoms with E-state index in [9.17, 15) is 4.79 Å². The van der Waals surface area contributed by atoms with Crippen molar-refractivity contribution in [1.29, 1.82) is 0 Å². The van der Waals surface area contributed by atoms with Crippen molar-refractivity contribution in [2.75, 3.05) is 31.5 Å². The number of hydrogen-bond acceptors (Lipinski definition) is 4. The molecule has 4 aromatic rings. The summed E-state index contributed by atoms with van der Waals surface area (Å²) in [7, 11) is 0. The summed E-state index contributed by atoms with van der Waals surface area (Å²) < 4.78 is 6.23. The van der Waals surface area contributed by atoms with Gasteiger partial charge in [-0.1, -0.05) is 47.5 Å². The van der Waals surface area contributed by atoms with Crippen LogP contribution in [-0.2, 0) is 6.54 Å². The van der Waals surface area contributed by atoms with E-state index in [1.165, 1.54) is 5.56 Å². The van der Waals surface area contributed by atoms with Crippen LogP contribution in [-0.4, -0.2) is 37.0 Å². The zero-order valence-electron chi connectivity index (χ0n) is 17.9. The van der Waals surface area contributed by atoms with Crippen LogP contribution in [0.15, 0.2) is 71.1 Å². The van der Waals surface area contributed by atoms with Crippen molar-refractivity contribution in [2.24, 2.45) is 0 Å². The van der Waals surface area contributed by atoms with Crippen molar-refractivity contribution in [1.82, 2.24) is 10.2 Å². The fourth-order valence-corrected chi connectivity index (χ4v) is 4.60. The van der Waals surface area contributed by atoms with E-state index in [1.807, 2.05) is 30.3 Å². The number of anilines is 1. The number of carbonyl (C=O) groups excluding carboxylic acids is 1. The number of nitrogens with one attached hydrogen (secondary N) is 2. The molecule has 0 spiro atoms. The molecule has 168 valence electrons. The molecule has 2 N–H and O–H groups in total. The largest absolute Gasteiger partial charge is 0.456 e. The first kappa shape index (κ1) is 22.0. The second-order valence-corrected chi connectivity index (χ2v) is 8.98. The summed E-state index contributed by atoms with van der Waals surface area (Å²) in [6.07, 6.45) is 0. The quantitative estimate of drug-likeness (QED) is 0.365. The Morgan fingerprint density at radius 3 is 2.64 bits per heavy atom. The van der Waals surface area contributed by atoms with Gasteiger partial charge in [-0.3, -0.25) is 9.69 Å². The Morgan fingerprint density at radius 1 is 1.00 bits per heavy atom. The Balaban J connectivity index is 1.41. The predicted molar refractivity (Wildman–Crippen MR) is 134 cm³/mol. The molecule has 5 rings (SSSR count). The van der Waals surface area contributed by atoms with Gasteiger partial charge in [0, 0.05) is 48.7 Å². The summed E-state index contributed by atoms with van der Waals surface area (Å²) >= 11 is 12.2. The van der Waals surface area contributed by atoms with E-state index < -0.39 is 0 Å². The van der Waals surface area contributed by atoms with Crippen molar-refractivity contribution < 1.29 is 9.21 Å². The maximum Gasteiger partial charge on any atom is 0.257 e. The zero-order chi connectivity index (χ0) is 22.8. The van der Waals surface area contributed by atoms with Gasteiger partial charge < -0.3 is 15.1 Å². The summed E-state index contributed by atoms with van der Waals surface area (Å²) in [4.78, 5) is 15.3. The van der Waals surface area contributed by atoms with Crippen LogP contribution in [0.4, 0.5) is 5.69 Å². The molecular weight excluding hydrogens is 457 g/mol. The number of piperazine rings is 1. The Labute approximate surface area is 202 Å². The van der Waals surface area contributed by atoms with E-state index in [4.69, 9.17) is 27.6 Å². The fraction of sp³-hybridized carbons (Fsp3) is 0.192. The van der Waals surface area contributed by atoms with Gasteiger partial charge in [-0.25, -0.2) is 0 Å². The van der Waals surface area contributed by atoms with Crippen molar-refractivity contribution in [3.63, 3.8) is 0 Å². The Morgan fingerprint density at radius 2 is 1.82 bits per heavy atom. The van der Waals surface area contributed by atoms with E-state index in [-0.39, 0.29) is 5.91 Å². The number of benzene rings is 3. The molecule has 0 unspecified atom stereocenters. The van der Waals surface area contributed by atoms with Crippen molar-refractivity contribution in [3.05, 3.63) is 87.9 Å². The van der Waals surface area contributed by atoms with Crippen molar-refractivity contribution >= 4 is 45.8 Å².